The van der Waals surface area contributed by atoms with Crippen molar-refractivity contribution in [3.63, 3.8) is 0 Å². The Balaban J connectivity index is 3.09. The summed E-state index contributed by atoms with van der Waals surface area (Å²) < 4.78 is 1.69. The van der Waals surface area contributed by atoms with Crippen molar-refractivity contribution in [1.82, 2.24) is 9.78 Å². The maximum atomic E-state index is 11.5. The van der Waals surface area contributed by atoms with E-state index in [1.807, 2.05) is 6.92 Å². The van der Waals surface area contributed by atoms with E-state index < -0.39 is 0 Å². The molecule has 0 saturated heterocycles. The van der Waals surface area contributed by atoms with Gasteiger partial charge < -0.3 is 0 Å². The fourth-order valence-electron chi connectivity index (χ4n) is 1.21. The molecule has 0 fully saturated rings. The molecule has 0 aliphatic carbocycles. The molecule has 1 unspecified atom stereocenters. The zero-order valence-corrected chi connectivity index (χ0v) is 9.01. The SMILES string of the molecule is Cc1cc(=O)n(C(C)C(C)(C)C)[nH]1. The van der Waals surface area contributed by atoms with E-state index in [9.17, 15) is 4.79 Å². The first kappa shape index (κ1) is 10.1. The summed E-state index contributed by atoms with van der Waals surface area (Å²) in [4.78, 5) is 11.5. The molecule has 1 atom stereocenters. The van der Waals surface area contributed by atoms with Crippen LogP contribution < -0.4 is 5.56 Å². The first-order chi connectivity index (χ1) is 5.82. The van der Waals surface area contributed by atoms with E-state index in [1.165, 1.54) is 0 Å². The van der Waals surface area contributed by atoms with Crippen molar-refractivity contribution < 1.29 is 0 Å². The molecule has 3 heteroatoms. The number of aromatic nitrogens is 2. The molecule has 0 radical (unpaired) electrons. The zero-order chi connectivity index (χ0) is 10.2. The molecule has 1 aromatic heterocycles. The van der Waals surface area contributed by atoms with Gasteiger partial charge in [0.05, 0.1) is 6.04 Å². The van der Waals surface area contributed by atoms with E-state index in [0.717, 1.165) is 5.69 Å². The molecule has 0 spiro atoms. The lowest BCUT2D eigenvalue weighted by Gasteiger charge is -2.27. The first-order valence-electron chi connectivity index (χ1n) is 4.60. The van der Waals surface area contributed by atoms with E-state index in [4.69, 9.17) is 0 Å². The van der Waals surface area contributed by atoms with Gasteiger partial charge in [-0.2, -0.15) is 0 Å². The average Bonchev–Trinajstić information content (AvgIpc) is 2.26. The van der Waals surface area contributed by atoms with Crippen molar-refractivity contribution in [1.29, 1.82) is 0 Å². The Hall–Kier alpha value is -0.990. The van der Waals surface area contributed by atoms with E-state index in [1.54, 1.807) is 10.7 Å². The summed E-state index contributed by atoms with van der Waals surface area (Å²) in [5.41, 5.74) is 1.07. The Kier molecular flexibility index (Phi) is 2.37. The first-order valence-corrected chi connectivity index (χ1v) is 4.60. The number of hydrogen-bond donors (Lipinski definition) is 1. The van der Waals surface area contributed by atoms with Crippen LogP contribution in [0.25, 0.3) is 0 Å². The summed E-state index contributed by atoms with van der Waals surface area (Å²) >= 11 is 0. The summed E-state index contributed by atoms with van der Waals surface area (Å²) in [7, 11) is 0. The minimum atomic E-state index is 0.0555. The molecule has 1 aromatic rings. The fourth-order valence-corrected chi connectivity index (χ4v) is 1.21. The molecule has 0 aromatic carbocycles. The quantitative estimate of drug-likeness (QED) is 0.709. The van der Waals surface area contributed by atoms with Gasteiger partial charge >= 0.3 is 0 Å². The van der Waals surface area contributed by atoms with Gasteiger partial charge in [0.25, 0.3) is 5.56 Å². The molecule has 1 rings (SSSR count). The Morgan fingerprint density at radius 2 is 2.00 bits per heavy atom. The van der Waals surface area contributed by atoms with Crippen LogP contribution in [-0.4, -0.2) is 9.78 Å². The number of rotatable bonds is 1. The number of hydrogen-bond acceptors (Lipinski definition) is 1. The van der Waals surface area contributed by atoms with Crippen molar-refractivity contribution in [2.45, 2.75) is 40.7 Å². The lowest BCUT2D eigenvalue weighted by Crippen LogP contribution is -2.29. The van der Waals surface area contributed by atoms with Crippen LogP contribution in [0.4, 0.5) is 0 Å². The predicted octanol–water partition coefficient (Wildman–Crippen LogP) is 2.09. The van der Waals surface area contributed by atoms with Gasteiger partial charge in [-0.25, -0.2) is 4.68 Å². The highest BCUT2D eigenvalue weighted by Crippen LogP contribution is 2.27. The van der Waals surface area contributed by atoms with Crippen molar-refractivity contribution >= 4 is 0 Å². The summed E-state index contributed by atoms with van der Waals surface area (Å²) in [5.74, 6) is 0. The van der Waals surface area contributed by atoms with E-state index >= 15 is 0 Å². The summed E-state index contributed by atoms with van der Waals surface area (Å²) in [6.07, 6.45) is 0. The molecule has 13 heavy (non-hydrogen) atoms. The van der Waals surface area contributed by atoms with Crippen molar-refractivity contribution in [3.05, 3.63) is 22.1 Å². The molecular weight excluding hydrogens is 164 g/mol. The number of nitrogens with one attached hydrogen (secondary N) is 1. The summed E-state index contributed by atoms with van der Waals surface area (Å²) in [5, 5.41) is 3.05. The lowest BCUT2D eigenvalue weighted by molar-refractivity contribution is 0.239. The van der Waals surface area contributed by atoms with Crippen LogP contribution in [0.2, 0.25) is 0 Å². The second-order valence-electron chi connectivity index (χ2n) is 4.69. The van der Waals surface area contributed by atoms with Crippen LogP contribution in [0.15, 0.2) is 10.9 Å². The second-order valence-corrected chi connectivity index (χ2v) is 4.69. The fraction of sp³-hybridized carbons (Fsp3) is 0.700. The van der Waals surface area contributed by atoms with Gasteiger partial charge in [-0.05, 0) is 19.3 Å². The highest BCUT2D eigenvalue weighted by atomic mass is 16.1. The number of nitrogens with zero attached hydrogens (tertiary/aromatic N) is 1. The summed E-state index contributed by atoms with van der Waals surface area (Å²) in [6.45, 7) is 10.3. The minimum absolute atomic E-state index is 0.0555. The molecule has 0 aliphatic rings. The standard InChI is InChI=1S/C10H18N2O/c1-7-6-9(13)12(11-7)8(2)10(3,4)5/h6,8,11H,1-5H3. The Morgan fingerprint density at radius 3 is 2.31 bits per heavy atom. The normalized spacial score (nSPS) is 14.5. The van der Waals surface area contributed by atoms with Crippen LogP contribution in [-0.2, 0) is 0 Å². The summed E-state index contributed by atoms with van der Waals surface area (Å²) in [6, 6.07) is 1.82. The van der Waals surface area contributed by atoms with Gasteiger partial charge in [0.2, 0.25) is 0 Å². The number of aromatic amines is 1. The van der Waals surface area contributed by atoms with Gasteiger partial charge in [-0.3, -0.25) is 9.89 Å². The van der Waals surface area contributed by atoms with Crippen LogP contribution in [0.1, 0.15) is 39.4 Å². The topological polar surface area (TPSA) is 37.8 Å². The molecule has 1 heterocycles. The minimum Gasteiger partial charge on any atom is -0.300 e. The second kappa shape index (κ2) is 3.05. The van der Waals surface area contributed by atoms with Crippen LogP contribution in [0.5, 0.6) is 0 Å². The van der Waals surface area contributed by atoms with Gasteiger partial charge in [0, 0.05) is 11.8 Å². The maximum Gasteiger partial charge on any atom is 0.266 e. The number of H-pyrrole nitrogens is 1. The van der Waals surface area contributed by atoms with Gasteiger partial charge in [-0.1, -0.05) is 20.8 Å². The Labute approximate surface area is 78.8 Å². The Bertz CT molecular complexity index is 341. The molecule has 0 saturated carbocycles. The molecule has 0 bridgehead atoms. The van der Waals surface area contributed by atoms with Crippen molar-refractivity contribution in [3.8, 4) is 0 Å². The smallest absolute Gasteiger partial charge is 0.266 e. The highest BCUT2D eigenvalue weighted by Gasteiger charge is 2.23. The zero-order valence-electron chi connectivity index (χ0n) is 9.01. The molecular formula is C10H18N2O. The maximum absolute atomic E-state index is 11.5. The van der Waals surface area contributed by atoms with Gasteiger partial charge in [0.15, 0.2) is 0 Å². The van der Waals surface area contributed by atoms with E-state index in [-0.39, 0.29) is 17.0 Å². The van der Waals surface area contributed by atoms with Crippen LogP contribution in [0, 0.1) is 12.3 Å². The van der Waals surface area contributed by atoms with Gasteiger partial charge in [-0.15, -0.1) is 0 Å². The lowest BCUT2D eigenvalue weighted by atomic mass is 9.88. The van der Waals surface area contributed by atoms with Crippen LogP contribution >= 0.6 is 0 Å². The number of aryl methyl sites for hydroxylation is 1. The third-order valence-corrected chi connectivity index (χ3v) is 2.51. The molecule has 3 nitrogen and oxygen atoms in total. The predicted molar refractivity (Wildman–Crippen MR) is 54.0 cm³/mol. The van der Waals surface area contributed by atoms with Gasteiger partial charge in [0.1, 0.15) is 0 Å². The molecule has 74 valence electrons. The molecule has 0 aliphatic heterocycles. The highest BCUT2D eigenvalue weighted by molar-refractivity contribution is 4.97. The molecule has 0 amide bonds. The van der Waals surface area contributed by atoms with Crippen molar-refractivity contribution in [2.24, 2.45) is 5.41 Å². The third kappa shape index (κ3) is 2.02. The largest absolute Gasteiger partial charge is 0.300 e. The monoisotopic (exact) mass is 182 g/mol. The van der Waals surface area contributed by atoms with Crippen molar-refractivity contribution in [2.75, 3.05) is 0 Å². The average molecular weight is 182 g/mol. The molecule has 1 N–H and O–H groups in total. The third-order valence-electron chi connectivity index (χ3n) is 2.51. The Morgan fingerprint density at radius 1 is 1.46 bits per heavy atom. The van der Waals surface area contributed by atoms with E-state index in [0.29, 0.717) is 0 Å². The van der Waals surface area contributed by atoms with Crippen LogP contribution in [0.3, 0.4) is 0 Å². The van der Waals surface area contributed by atoms with E-state index in [2.05, 4.69) is 32.8 Å².